The smallest absolute Gasteiger partial charge is 0.236 e. The summed E-state index contributed by atoms with van der Waals surface area (Å²) in [6.07, 6.45) is 0. The molecule has 0 aliphatic heterocycles. The Labute approximate surface area is 119 Å². The molecule has 0 spiro atoms. The Balaban J connectivity index is 1.69. The summed E-state index contributed by atoms with van der Waals surface area (Å²) in [5.41, 5.74) is 0.471. The highest BCUT2D eigenvalue weighted by molar-refractivity contribution is 7.99. The van der Waals surface area contributed by atoms with Gasteiger partial charge in [-0.1, -0.05) is 23.4 Å². The molecule has 0 saturated heterocycles. The molecule has 1 amide bonds. The van der Waals surface area contributed by atoms with Crippen LogP contribution in [0.4, 0.5) is 4.39 Å². The fraction of sp³-hybridized carbons (Fsp3) is 0.308. The molecule has 0 bridgehead atoms. The Kier molecular flexibility index (Phi) is 5.11. The van der Waals surface area contributed by atoms with Crippen LogP contribution in [-0.2, 0) is 17.1 Å². The van der Waals surface area contributed by atoms with Gasteiger partial charge in [-0.05, 0) is 13.0 Å². The van der Waals surface area contributed by atoms with Crippen molar-refractivity contribution >= 4 is 17.7 Å². The van der Waals surface area contributed by atoms with Crippen LogP contribution in [0.2, 0.25) is 0 Å². The van der Waals surface area contributed by atoms with Crippen LogP contribution >= 0.6 is 11.8 Å². The van der Waals surface area contributed by atoms with Gasteiger partial charge >= 0.3 is 0 Å². The summed E-state index contributed by atoms with van der Waals surface area (Å²) in [5, 5.41) is 6.32. The molecule has 0 atom stereocenters. The van der Waals surface area contributed by atoms with E-state index in [4.69, 9.17) is 4.52 Å². The predicted octanol–water partition coefficient (Wildman–Crippen LogP) is 2.07. The van der Waals surface area contributed by atoms with Gasteiger partial charge in [0.1, 0.15) is 5.82 Å². The third-order valence-electron chi connectivity index (χ3n) is 2.46. The number of hydrogen-bond donors (Lipinski definition) is 1. The number of rotatable bonds is 6. The summed E-state index contributed by atoms with van der Waals surface area (Å²) < 4.78 is 18.3. The Morgan fingerprint density at radius 3 is 2.95 bits per heavy atom. The molecule has 1 aromatic carbocycles. The van der Waals surface area contributed by atoms with Crippen molar-refractivity contribution < 1.29 is 13.7 Å². The van der Waals surface area contributed by atoms with E-state index in [1.54, 1.807) is 25.1 Å². The lowest BCUT2D eigenvalue weighted by molar-refractivity contribution is -0.118. The number of carbonyl (C=O) groups is 1. The highest BCUT2D eigenvalue weighted by Crippen LogP contribution is 2.10. The minimum Gasteiger partial charge on any atom is -0.351 e. The highest BCUT2D eigenvalue weighted by Gasteiger charge is 2.07. The topological polar surface area (TPSA) is 68.0 Å². The van der Waals surface area contributed by atoms with Gasteiger partial charge in [-0.15, -0.1) is 11.8 Å². The molecule has 0 fully saturated rings. The molecule has 106 valence electrons. The molecule has 0 aliphatic carbocycles. The minimum absolute atomic E-state index is 0.158. The highest BCUT2D eigenvalue weighted by atomic mass is 32.2. The van der Waals surface area contributed by atoms with Crippen molar-refractivity contribution in [1.82, 2.24) is 15.5 Å². The van der Waals surface area contributed by atoms with Crippen LogP contribution in [0.1, 0.15) is 17.3 Å². The maximum atomic E-state index is 13.3. The molecule has 0 saturated carbocycles. The zero-order valence-electron chi connectivity index (χ0n) is 10.9. The number of hydrogen-bond acceptors (Lipinski definition) is 5. The number of halogens is 1. The first-order valence-electron chi connectivity index (χ1n) is 6.02. The number of aryl methyl sites for hydroxylation is 1. The first-order valence-corrected chi connectivity index (χ1v) is 7.17. The largest absolute Gasteiger partial charge is 0.351 e. The van der Waals surface area contributed by atoms with E-state index in [2.05, 4.69) is 15.5 Å². The number of carbonyl (C=O) groups excluding carboxylic acids is 1. The van der Waals surface area contributed by atoms with Crippen LogP contribution < -0.4 is 5.32 Å². The van der Waals surface area contributed by atoms with Gasteiger partial charge in [0.2, 0.25) is 11.8 Å². The Hall–Kier alpha value is -1.89. The Morgan fingerprint density at radius 2 is 2.25 bits per heavy atom. The predicted molar refractivity (Wildman–Crippen MR) is 73.4 cm³/mol. The summed E-state index contributed by atoms with van der Waals surface area (Å²) in [4.78, 5) is 15.6. The average Bonchev–Trinajstić information content (AvgIpc) is 2.83. The molecule has 20 heavy (non-hydrogen) atoms. The van der Waals surface area contributed by atoms with E-state index >= 15 is 0 Å². The zero-order chi connectivity index (χ0) is 14.4. The van der Waals surface area contributed by atoms with Crippen molar-refractivity contribution in [3.63, 3.8) is 0 Å². The van der Waals surface area contributed by atoms with Crippen LogP contribution in [-0.4, -0.2) is 21.8 Å². The van der Waals surface area contributed by atoms with Crippen molar-refractivity contribution in [3.05, 3.63) is 47.4 Å². The summed E-state index contributed by atoms with van der Waals surface area (Å²) in [7, 11) is 0. The average molecular weight is 295 g/mol. The molecule has 0 radical (unpaired) electrons. The van der Waals surface area contributed by atoms with E-state index in [1.165, 1.54) is 17.8 Å². The summed E-state index contributed by atoms with van der Waals surface area (Å²) in [5.74, 6) is 1.33. The van der Waals surface area contributed by atoms with Crippen molar-refractivity contribution in [2.24, 2.45) is 0 Å². The van der Waals surface area contributed by atoms with E-state index < -0.39 is 0 Å². The minimum atomic E-state index is -0.318. The third-order valence-corrected chi connectivity index (χ3v) is 3.38. The van der Waals surface area contributed by atoms with Crippen LogP contribution in [0.15, 0.2) is 28.8 Å². The van der Waals surface area contributed by atoms with Crippen molar-refractivity contribution in [1.29, 1.82) is 0 Å². The SMILES string of the molecule is Cc1noc(CSCC(=O)NCc2ccccc2F)n1. The molecule has 0 aliphatic rings. The van der Waals surface area contributed by atoms with E-state index in [-0.39, 0.29) is 24.0 Å². The van der Waals surface area contributed by atoms with Crippen molar-refractivity contribution in [2.45, 2.75) is 19.2 Å². The standard InChI is InChI=1S/C13H14FN3O2S/c1-9-16-13(19-17-9)8-20-7-12(18)15-6-10-4-2-3-5-11(10)14/h2-5H,6-8H2,1H3,(H,15,18). The first-order chi connectivity index (χ1) is 9.65. The van der Waals surface area contributed by atoms with Crippen molar-refractivity contribution in [3.8, 4) is 0 Å². The molecular formula is C13H14FN3O2S. The molecule has 0 unspecified atom stereocenters. The third kappa shape index (κ3) is 4.34. The number of aromatic nitrogens is 2. The van der Waals surface area contributed by atoms with E-state index in [0.717, 1.165) is 0 Å². The molecular weight excluding hydrogens is 281 g/mol. The van der Waals surface area contributed by atoms with E-state index in [9.17, 15) is 9.18 Å². The fourth-order valence-corrected chi connectivity index (χ4v) is 2.20. The number of nitrogens with zero attached hydrogens (tertiary/aromatic N) is 2. The van der Waals surface area contributed by atoms with Gasteiger partial charge in [-0.25, -0.2) is 4.39 Å². The monoisotopic (exact) mass is 295 g/mol. The molecule has 1 N–H and O–H groups in total. The summed E-state index contributed by atoms with van der Waals surface area (Å²) in [6, 6.07) is 6.36. The van der Waals surface area contributed by atoms with Crippen LogP contribution in [0.25, 0.3) is 0 Å². The second-order valence-electron chi connectivity index (χ2n) is 4.10. The number of benzene rings is 1. The maximum absolute atomic E-state index is 13.3. The van der Waals surface area contributed by atoms with Crippen LogP contribution in [0, 0.1) is 12.7 Å². The van der Waals surface area contributed by atoms with Gasteiger partial charge in [-0.2, -0.15) is 4.98 Å². The zero-order valence-corrected chi connectivity index (χ0v) is 11.7. The number of thioether (sulfide) groups is 1. The normalized spacial score (nSPS) is 10.5. The molecule has 5 nitrogen and oxygen atoms in total. The molecule has 2 rings (SSSR count). The number of nitrogens with one attached hydrogen (secondary N) is 1. The van der Waals surface area contributed by atoms with Gasteiger partial charge < -0.3 is 9.84 Å². The second-order valence-corrected chi connectivity index (χ2v) is 5.08. The van der Waals surface area contributed by atoms with Crippen LogP contribution in [0.5, 0.6) is 0 Å². The van der Waals surface area contributed by atoms with Crippen LogP contribution in [0.3, 0.4) is 0 Å². The van der Waals surface area contributed by atoms with Gasteiger partial charge in [-0.3, -0.25) is 4.79 Å². The Morgan fingerprint density at radius 1 is 1.45 bits per heavy atom. The summed E-state index contributed by atoms with van der Waals surface area (Å²) >= 11 is 1.37. The van der Waals surface area contributed by atoms with E-state index in [0.29, 0.717) is 23.0 Å². The molecule has 2 aromatic rings. The van der Waals surface area contributed by atoms with Gasteiger partial charge in [0.15, 0.2) is 5.82 Å². The quantitative estimate of drug-likeness (QED) is 0.883. The lowest BCUT2D eigenvalue weighted by Gasteiger charge is -2.05. The van der Waals surface area contributed by atoms with Crippen molar-refractivity contribution in [2.75, 3.05) is 5.75 Å². The van der Waals surface area contributed by atoms with Gasteiger partial charge in [0.05, 0.1) is 11.5 Å². The van der Waals surface area contributed by atoms with E-state index in [1.807, 2.05) is 0 Å². The molecule has 1 aromatic heterocycles. The maximum Gasteiger partial charge on any atom is 0.236 e. The Bertz CT molecular complexity index is 589. The second kappa shape index (κ2) is 7.04. The van der Waals surface area contributed by atoms with Gasteiger partial charge in [0, 0.05) is 12.1 Å². The van der Waals surface area contributed by atoms with Gasteiger partial charge in [0.25, 0.3) is 0 Å². The fourth-order valence-electron chi connectivity index (χ4n) is 1.52. The lowest BCUT2D eigenvalue weighted by atomic mass is 10.2. The lowest BCUT2D eigenvalue weighted by Crippen LogP contribution is -2.25. The first kappa shape index (κ1) is 14.5. The number of amides is 1. The summed E-state index contributed by atoms with van der Waals surface area (Å²) in [6.45, 7) is 1.92. The molecule has 1 heterocycles. The molecule has 7 heteroatoms.